The summed E-state index contributed by atoms with van der Waals surface area (Å²) in [5, 5.41) is 6.97. The van der Waals surface area contributed by atoms with Crippen molar-refractivity contribution in [1.29, 1.82) is 0 Å². The molecule has 1 atom stereocenters. The van der Waals surface area contributed by atoms with Crippen LogP contribution in [0, 0.1) is 0 Å². The summed E-state index contributed by atoms with van der Waals surface area (Å²) in [5.74, 6) is 0.00838. The van der Waals surface area contributed by atoms with Crippen molar-refractivity contribution in [3.8, 4) is 0 Å². The van der Waals surface area contributed by atoms with Crippen LogP contribution >= 0.6 is 0 Å². The molecule has 1 rings (SSSR count). The Bertz CT molecular complexity index is 183. The molecular formula is C8H16N3O. The van der Waals surface area contributed by atoms with Gasteiger partial charge in [-0.15, -0.1) is 0 Å². The third-order valence-electron chi connectivity index (χ3n) is 2.24. The Labute approximate surface area is 73.3 Å². The summed E-state index contributed by atoms with van der Waals surface area (Å²) < 4.78 is 0. The molecule has 0 aromatic carbocycles. The molecule has 12 heavy (non-hydrogen) atoms. The quantitative estimate of drug-likeness (QED) is 0.551. The minimum absolute atomic E-state index is 0.00838. The fourth-order valence-corrected chi connectivity index (χ4v) is 1.54. The maximum atomic E-state index is 11.4. The monoisotopic (exact) mass is 170 g/mol. The lowest BCUT2D eigenvalue weighted by atomic mass is 9.98. The summed E-state index contributed by atoms with van der Waals surface area (Å²) in [6.07, 6.45) is 0. The number of hydrogen-bond donors (Lipinski definition) is 1. The topological polar surface area (TPSA) is 46.4 Å². The highest BCUT2D eigenvalue weighted by molar-refractivity contribution is 5.86. The summed E-state index contributed by atoms with van der Waals surface area (Å²) in [4.78, 5) is 13.5. The smallest absolute Gasteiger partial charge is 0.242 e. The second-order valence-corrected chi connectivity index (χ2v) is 3.47. The van der Waals surface area contributed by atoms with Crippen LogP contribution in [0.5, 0.6) is 0 Å². The summed E-state index contributed by atoms with van der Waals surface area (Å²) in [6.45, 7) is 4.29. The molecule has 0 saturated carbocycles. The van der Waals surface area contributed by atoms with Crippen molar-refractivity contribution >= 4 is 5.91 Å². The normalized spacial score (nSPS) is 31.6. The maximum absolute atomic E-state index is 11.4. The maximum Gasteiger partial charge on any atom is 0.242 e. The fraction of sp³-hybridized carbons (Fsp3) is 0.875. The standard InChI is InChI=1S/C8H16N3O/c1-8(7(12)9-2)6-11(3)5-4-10-8/h4-6H2,1-3H3,(H,9,12). The Morgan fingerprint density at radius 1 is 1.67 bits per heavy atom. The van der Waals surface area contributed by atoms with E-state index in [1.54, 1.807) is 7.05 Å². The van der Waals surface area contributed by atoms with Crippen LogP contribution in [0.1, 0.15) is 6.92 Å². The Morgan fingerprint density at radius 2 is 2.33 bits per heavy atom. The molecule has 1 aliphatic rings. The van der Waals surface area contributed by atoms with Crippen LogP contribution in [0.25, 0.3) is 0 Å². The van der Waals surface area contributed by atoms with E-state index in [2.05, 4.69) is 15.5 Å². The van der Waals surface area contributed by atoms with E-state index in [0.29, 0.717) is 6.54 Å². The molecular weight excluding hydrogens is 154 g/mol. The first-order chi connectivity index (χ1) is 5.58. The Kier molecular flexibility index (Phi) is 2.69. The van der Waals surface area contributed by atoms with Crippen molar-refractivity contribution in [2.24, 2.45) is 0 Å². The second-order valence-electron chi connectivity index (χ2n) is 3.47. The summed E-state index contributed by atoms with van der Waals surface area (Å²) in [5.41, 5.74) is -0.540. The Balaban J connectivity index is 2.63. The van der Waals surface area contributed by atoms with Gasteiger partial charge in [-0.05, 0) is 14.0 Å². The van der Waals surface area contributed by atoms with Crippen molar-refractivity contribution in [2.75, 3.05) is 33.7 Å². The van der Waals surface area contributed by atoms with Crippen LogP contribution in [0.4, 0.5) is 0 Å². The number of carbonyl (C=O) groups excluding carboxylic acids is 1. The molecule has 1 radical (unpaired) electrons. The van der Waals surface area contributed by atoms with Crippen LogP contribution in [-0.2, 0) is 4.79 Å². The van der Waals surface area contributed by atoms with Gasteiger partial charge in [-0.2, -0.15) is 0 Å². The third kappa shape index (κ3) is 1.76. The molecule has 1 saturated heterocycles. The zero-order chi connectivity index (χ0) is 9.19. The van der Waals surface area contributed by atoms with Gasteiger partial charge < -0.3 is 10.2 Å². The number of likely N-dealkylation sites (N-methyl/N-ethyl adjacent to an activating group) is 2. The largest absolute Gasteiger partial charge is 0.357 e. The number of hydrogen-bond acceptors (Lipinski definition) is 2. The molecule has 0 aliphatic carbocycles. The minimum atomic E-state index is -0.540. The van der Waals surface area contributed by atoms with Gasteiger partial charge in [-0.1, -0.05) is 0 Å². The van der Waals surface area contributed by atoms with Crippen molar-refractivity contribution in [2.45, 2.75) is 12.5 Å². The van der Waals surface area contributed by atoms with Crippen molar-refractivity contribution in [1.82, 2.24) is 15.5 Å². The van der Waals surface area contributed by atoms with Crippen LogP contribution in [-0.4, -0.2) is 50.1 Å². The van der Waals surface area contributed by atoms with Crippen molar-refractivity contribution in [3.63, 3.8) is 0 Å². The van der Waals surface area contributed by atoms with Gasteiger partial charge in [0, 0.05) is 26.7 Å². The number of amides is 1. The predicted molar refractivity (Wildman–Crippen MR) is 47.0 cm³/mol. The molecule has 0 bridgehead atoms. The fourth-order valence-electron chi connectivity index (χ4n) is 1.54. The van der Waals surface area contributed by atoms with Crippen LogP contribution in [0.3, 0.4) is 0 Å². The highest BCUT2D eigenvalue weighted by atomic mass is 16.2. The summed E-state index contributed by atoms with van der Waals surface area (Å²) in [7, 11) is 3.66. The highest BCUT2D eigenvalue weighted by Gasteiger charge is 2.36. The molecule has 1 N–H and O–H groups in total. The molecule has 69 valence electrons. The zero-order valence-electron chi connectivity index (χ0n) is 7.92. The average molecular weight is 170 g/mol. The lowest BCUT2D eigenvalue weighted by molar-refractivity contribution is -0.128. The molecule has 4 nitrogen and oxygen atoms in total. The van der Waals surface area contributed by atoms with Gasteiger partial charge in [-0.3, -0.25) is 4.79 Å². The van der Waals surface area contributed by atoms with Crippen molar-refractivity contribution < 1.29 is 4.79 Å². The molecule has 1 heterocycles. The number of rotatable bonds is 1. The number of nitrogens with zero attached hydrogens (tertiary/aromatic N) is 2. The van der Waals surface area contributed by atoms with Gasteiger partial charge in [0.25, 0.3) is 0 Å². The van der Waals surface area contributed by atoms with E-state index in [1.165, 1.54) is 0 Å². The second kappa shape index (κ2) is 3.41. The molecule has 1 aliphatic heterocycles. The number of nitrogens with one attached hydrogen (secondary N) is 1. The lowest BCUT2D eigenvalue weighted by Gasteiger charge is -2.36. The molecule has 1 amide bonds. The van der Waals surface area contributed by atoms with Gasteiger partial charge in [0.1, 0.15) is 5.54 Å². The minimum Gasteiger partial charge on any atom is -0.357 e. The summed E-state index contributed by atoms with van der Waals surface area (Å²) in [6, 6.07) is 0. The first-order valence-electron chi connectivity index (χ1n) is 4.18. The van der Waals surface area contributed by atoms with Gasteiger partial charge in [-0.25, -0.2) is 5.32 Å². The Morgan fingerprint density at radius 3 is 2.83 bits per heavy atom. The van der Waals surface area contributed by atoms with Gasteiger partial charge >= 0.3 is 0 Å². The van der Waals surface area contributed by atoms with E-state index in [4.69, 9.17) is 0 Å². The van der Waals surface area contributed by atoms with Gasteiger partial charge in [0.15, 0.2) is 0 Å². The number of piperazine rings is 1. The molecule has 1 fully saturated rings. The molecule has 0 aromatic rings. The molecule has 0 aromatic heterocycles. The van der Waals surface area contributed by atoms with Gasteiger partial charge in [0.05, 0.1) is 0 Å². The van der Waals surface area contributed by atoms with E-state index in [1.807, 2.05) is 14.0 Å². The molecule has 0 spiro atoms. The number of carbonyl (C=O) groups is 1. The van der Waals surface area contributed by atoms with E-state index in [0.717, 1.165) is 13.1 Å². The third-order valence-corrected chi connectivity index (χ3v) is 2.24. The van der Waals surface area contributed by atoms with Crippen LogP contribution in [0.15, 0.2) is 0 Å². The average Bonchev–Trinajstić information content (AvgIpc) is 2.02. The van der Waals surface area contributed by atoms with Crippen LogP contribution in [0.2, 0.25) is 0 Å². The summed E-state index contributed by atoms with van der Waals surface area (Å²) >= 11 is 0. The first kappa shape index (κ1) is 9.48. The van der Waals surface area contributed by atoms with E-state index >= 15 is 0 Å². The highest BCUT2D eigenvalue weighted by Crippen LogP contribution is 2.11. The van der Waals surface area contributed by atoms with Gasteiger partial charge in [0.2, 0.25) is 5.91 Å². The molecule has 1 unspecified atom stereocenters. The van der Waals surface area contributed by atoms with E-state index in [-0.39, 0.29) is 5.91 Å². The van der Waals surface area contributed by atoms with Crippen LogP contribution < -0.4 is 10.6 Å². The van der Waals surface area contributed by atoms with E-state index in [9.17, 15) is 4.79 Å². The lowest BCUT2D eigenvalue weighted by Crippen LogP contribution is -2.61. The predicted octanol–water partition coefficient (Wildman–Crippen LogP) is -0.959. The SMILES string of the molecule is CNC(=O)C1(C)CN(C)CC[N]1. The molecule has 4 heteroatoms. The van der Waals surface area contributed by atoms with E-state index < -0.39 is 5.54 Å². The first-order valence-corrected chi connectivity index (χ1v) is 4.18. The zero-order valence-corrected chi connectivity index (χ0v) is 7.92. The Hall–Kier alpha value is -0.610. The van der Waals surface area contributed by atoms with Crippen molar-refractivity contribution in [3.05, 3.63) is 0 Å².